The van der Waals surface area contributed by atoms with Gasteiger partial charge >= 0.3 is 6.18 Å². The van der Waals surface area contributed by atoms with Gasteiger partial charge < -0.3 is 10.0 Å². The van der Waals surface area contributed by atoms with Crippen molar-refractivity contribution in [2.24, 2.45) is 0 Å². The van der Waals surface area contributed by atoms with E-state index in [0.29, 0.717) is 0 Å². The molecule has 0 saturated heterocycles. The van der Waals surface area contributed by atoms with Crippen molar-refractivity contribution in [2.75, 3.05) is 13.1 Å². The highest BCUT2D eigenvalue weighted by atomic mass is 35.5. The van der Waals surface area contributed by atoms with Crippen LogP contribution in [-0.4, -0.2) is 35.2 Å². The van der Waals surface area contributed by atoms with Gasteiger partial charge in [0.15, 0.2) is 0 Å². The molecule has 0 spiro atoms. The summed E-state index contributed by atoms with van der Waals surface area (Å²) in [5.41, 5.74) is -0.597. The minimum atomic E-state index is -4.35. The number of carbonyl (C=O) groups excluding carboxylic acids is 1. The third-order valence-corrected chi connectivity index (χ3v) is 3.29. The first kappa shape index (κ1) is 14.7. The molecule has 1 aromatic rings. The topological polar surface area (TPSA) is 40.5 Å². The van der Waals surface area contributed by atoms with Gasteiger partial charge in [-0.05, 0) is 24.6 Å². The second-order valence-electron chi connectivity index (χ2n) is 4.39. The maximum absolute atomic E-state index is 12.5. The average molecular weight is 306 g/mol. The largest absolute Gasteiger partial charge is 0.507 e. The van der Waals surface area contributed by atoms with Crippen LogP contribution in [0.4, 0.5) is 13.2 Å². The molecule has 1 amide bonds. The van der Waals surface area contributed by atoms with Crippen molar-refractivity contribution in [1.82, 2.24) is 4.90 Å². The number of benzene rings is 1. The van der Waals surface area contributed by atoms with Crippen molar-refractivity contribution in [3.05, 3.63) is 40.4 Å². The van der Waals surface area contributed by atoms with Crippen LogP contribution in [0, 0.1) is 0 Å². The zero-order valence-corrected chi connectivity index (χ0v) is 11.0. The molecule has 0 unspecified atom stereocenters. The lowest BCUT2D eigenvalue weighted by Gasteiger charge is -2.27. The van der Waals surface area contributed by atoms with Crippen LogP contribution in [0.1, 0.15) is 16.8 Å². The van der Waals surface area contributed by atoms with Crippen LogP contribution in [0.25, 0.3) is 0 Å². The van der Waals surface area contributed by atoms with Gasteiger partial charge in [0, 0.05) is 23.7 Å². The maximum atomic E-state index is 12.5. The molecule has 0 aliphatic carbocycles. The van der Waals surface area contributed by atoms with Gasteiger partial charge in [-0.25, -0.2) is 0 Å². The van der Waals surface area contributed by atoms with Gasteiger partial charge in [-0.1, -0.05) is 17.7 Å². The second-order valence-corrected chi connectivity index (χ2v) is 4.83. The summed E-state index contributed by atoms with van der Waals surface area (Å²) in [6.07, 6.45) is -3.60. The van der Waals surface area contributed by atoms with E-state index in [2.05, 4.69) is 0 Å². The van der Waals surface area contributed by atoms with Gasteiger partial charge in [0.05, 0.1) is 5.56 Å². The Hall–Kier alpha value is -1.69. The fourth-order valence-electron chi connectivity index (χ4n) is 1.97. The Morgan fingerprint density at radius 1 is 1.35 bits per heavy atom. The van der Waals surface area contributed by atoms with E-state index in [0.717, 1.165) is 6.08 Å². The van der Waals surface area contributed by atoms with Gasteiger partial charge in [0.2, 0.25) is 0 Å². The Labute approximate surface area is 118 Å². The number of phenols is 1. The number of hydrogen-bond acceptors (Lipinski definition) is 2. The summed E-state index contributed by atoms with van der Waals surface area (Å²) in [6.45, 7) is -0.165. The third kappa shape index (κ3) is 3.07. The van der Waals surface area contributed by atoms with Crippen LogP contribution in [0.3, 0.4) is 0 Å². The highest BCUT2D eigenvalue weighted by Gasteiger charge is 2.35. The quantitative estimate of drug-likeness (QED) is 0.808. The molecule has 20 heavy (non-hydrogen) atoms. The summed E-state index contributed by atoms with van der Waals surface area (Å²) < 4.78 is 37.4. The second kappa shape index (κ2) is 5.36. The smallest absolute Gasteiger partial charge is 0.412 e. The van der Waals surface area contributed by atoms with Crippen LogP contribution in [0.2, 0.25) is 5.02 Å². The van der Waals surface area contributed by atoms with E-state index < -0.39 is 17.7 Å². The summed E-state index contributed by atoms with van der Waals surface area (Å²) in [7, 11) is 0. The zero-order valence-electron chi connectivity index (χ0n) is 10.2. The number of aromatic hydroxyl groups is 1. The number of hydrogen-bond donors (Lipinski definition) is 1. The van der Waals surface area contributed by atoms with Crippen LogP contribution in [-0.2, 0) is 0 Å². The predicted octanol–water partition coefficient (Wildman–Crippen LogP) is 3.38. The number of alkyl halides is 3. The summed E-state index contributed by atoms with van der Waals surface area (Å²) in [5.74, 6) is -0.801. The molecule has 0 aromatic heterocycles. The molecule has 1 aliphatic heterocycles. The highest BCUT2D eigenvalue weighted by molar-refractivity contribution is 6.30. The van der Waals surface area contributed by atoms with E-state index in [4.69, 9.17) is 11.6 Å². The molecular formula is C13H11ClF3NO2. The Bertz CT molecular complexity index is 569. The molecule has 0 saturated carbocycles. The maximum Gasteiger partial charge on any atom is 0.412 e. The van der Waals surface area contributed by atoms with Crippen LogP contribution >= 0.6 is 11.6 Å². The van der Waals surface area contributed by atoms with E-state index in [-0.39, 0.29) is 35.8 Å². The van der Waals surface area contributed by atoms with Gasteiger partial charge in [-0.15, -0.1) is 0 Å². The predicted molar refractivity (Wildman–Crippen MR) is 67.8 cm³/mol. The molecule has 1 aliphatic rings. The van der Waals surface area contributed by atoms with Crippen LogP contribution in [0.15, 0.2) is 29.8 Å². The molecule has 1 N–H and O–H groups in total. The number of halogens is 4. The van der Waals surface area contributed by atoms with E-state index in [1.165, 1.54) is 23.1 Å². The highest BCUT2D eigenvalue weighted by Crippen LogP contribution is 2.31. The first-order valence-corrected chi connectivity index (χ1v) is 6.21. The van der Waals surface area contributed by atoms with Gasteiger partial charge in [-0.2, -0.15) is 13.2 Å². The average Bonchev–Trinajstić information content (AvgIpc) is 2.37. The fourth-order valence-corrected chi connectivity index (χ4v) is 2.13. The van der Waals surface area contributed by atoms with Crippen molar-refractivity contribution in [3.8, 4) is 5.75 Å². The van der Waals surface area contributed by atoms with Gasteiger partial charge in [-0.3, -0.25) is 4.79 Å². The normalized spacial score (nSPS) is 16.0. The van der Waals surface area contributed by atoms with Crippen molar-refractivity contribution in [3.63, 3.8) is 0 Å². The monoisotopic (exact) mass is 305 g/mol. The number of nitrogens with zero attached hydrogens (tertiary/aromatic N) is 1. The fraction of sp³-hybridized carbons (Fsp3) is 0.308. The molecule has 3 nitrogen and oxygen atoms in total. The van der Waals surface area contributed by atoms with E-state index >= 15 is 0 Å². The first-order chi connectivity index (χ1) is 9.29. The van der Waals surface area contributed by atoms with Crippen molar-refractivity contribution >= 4 is 17.5 Å². The first-order valence-electron chi connectivity index (χ1n) is 5.83. The lowest BCUT2D eigenvalue weighted by molar-refractivity contribution is -0.0957. The number of carbonyl (C=O) groups is 1. The zero-order chi connectivity index (χ0) is 14.9. The standard InChI is InChI=1S/C13H11ClF3NO2/c14-9-1-2-10(11(19)7-9)12(20)18-5-3-8(4-6-18)13(15,16)17/h1-3,7,19H,4-6H2. The van der Waals surface area contributed by atoms with E-state index in [1.54, 1.807) is 0 Å². The molecule has 2 rings (SSSR count). The summed E-state index contributed by atoms with van der Waals surface area (Å²) in [5, 5.41) is 9.92. The van der Waals surface area contributed by atoms with E-state index in [9.17, 15) is 23.1 Å². The number of rotatable bonds is 1. The minimum absolute atomic E-state index is 0.0262. The molecule has 0 atom stereocenters. The molecule has 0 radical (unpaired) electrons. The van der Waals surface area contributed by atoms with Gasteiger partial charge in [0.25, 0.3) is 5.91 Å². The van der Waals surface area contributed by atoms with Crippen molar-refractivity contribution in [2.45, 2.75) is 12.6 Å². The molecule has 108 valence electrons. The van der Waals surface area contributed by atoms with Gasteiger partial charge in [0.1, 0.15) is 5.75 Å². The molecule has 0 bridgehead atoms. The summed E-state index contributed by atoms with van der Waals surface area (Å²) in [6, 6.07) is 4.01. The summed E-state index contributed by atoms with van der Waals surface area (Å²) in [4.78, 5) is 13.3. The summed E-state index contributed by atoms with van der Waals surface area (Å²) >= 11 is 5.66. The van der Waals surface area contributed by atoms with Crippen molar-refractivity contribution < 1.29 is 23.1 Å². The Morgan fingerprint density at radius 2 is 2.05 bits per heavy atom. The molecular weight excluding hydrogens is 295 g/mol. The SMILES string of the molecule is O=C(c1ccc(Cl)cc1O)N1CC=C(C(F)(F)F)CC1. The Kier molecular flexibility index (Phi) is 3.94. The molecule has 1 heterocycles. The Balaban J connectivity index is 2.14. The van der Waals surface area contributed by atoms with Crippen LogP contribution < -0.4 is 0 Å². The van der Waals surface area contributed by atoms with E-state index in [1.807, 2.05) is 0 Å². The molecule has 1 aromatic carbocycles. The minimum Gasteiger partial charge on any atom is -0.507 e. The van der Waals surface area contributed by atoms with Crippen molar-refractivity contribution in [1.29, 1.82) is 0 Å². The number of amides is 1. The lowest BCUT2D eigenvalue weighted by Crippen LogP contribution is -2.36. The number of phenolic OH excluding ortho intramolecular Hbond substituents is 1. The lowest BCUT2D eigenvalue weighted by atomic mass is 10.1. The molecule has 0 fully saturated rings. The van der Waals surface area contributed by atoms with Crippen LogP contribution in [0.5, 0.6) is 5.75 Å². The molecule has 7 heteroatoms. The third-order valence-electron chi connectivity index (χ3n) is 3.05. The Morgan fingerprint density at radius 3 is 2.55 bits per heavy atom.